The van der Waals surface area contributed by atoms with Crippen molar-refractivity contribution in [3.8, 4) is 0 Å². The van der Waals surface area contributed by atoms with Gasteiger partial charge in [-0.3, -0.25) is 9.48 Å². The van der Waals surface area contributed by atoms with Gasteiger partial charge in [-0.2, -0.15) is 5.10 Å². The quantitative estimate of drug-likeness (QED) is 0.866. The van der Waals surface area contributed by atoms with Crippen LogP contribution in [-0.2, 0) is 24.4 Å². The van der Waals surface area contributed by atoms with Crippen LogP contribution in [0.2, 0.25) is 0 Å². The van der Waals surface area contributed by atoms with Crippen LogP contribution in [0.5, 0.6) is 0 Å². The number of fused-ring (bicyclic) bond motifs is 1. The molecule has 1 amide bonds. The van der Waals surface area contributed by atoms with Crippen LogP contribution in [0, 0.1) is 0 Å². The van der Waals surface area contributed by atoms with Crippen LogP contribution in [-0.4, -0.2) is 49.8 Å². The molecule has 2 aliphatic rings. The minimum Gasteiger partial charge on any atom is -0.333 e. The molecule has 1 atom stereocenters. The molecule has 1 unspecified atom stereocenters. The Kier molecular flexibility index (Phi) is 6.87. The normalized spacial score (nSPS) is 19.5. The number of amides is 1. The molecule has 1 fully saturated rings. The lowest BCUT2D eigenvalue weighted by Gasteiger charge is -2.29. The summed E-state index contributed by atoms with van der Waals surface area (Å²) < 4.78 is 3.99. The minimum absolute atomic E-state index is 0. The molecule has 7 nitrogen and oxygen atoms in total. The summed E-state index contributed by atoms with van der Waals surface area (Å²) in [7, 11) is 0. The van der Waals surface area contributed by atoms with E-state index in [4.69, 9.17) is 0 Å². The van der Waals surface area contributed by atoms with Gasteiger partial charge in [0.15, 0.2) is 0 Å². The second-order valence-electron chi connectivity index (χ2n) is 6.35. The first kappa shape index (κ1) is 19.8. The van der Waals surface area contributed by atoms with Crippen molar-refractivity contribution < 1.29 is 4.79 Å². The van der Waals surface area contributed by atoms with Crippen molar-refractivity contribution in [1.82, 2.24) is 29.5 Å². The lowest BCUT2D eigenvalue weighted by atomic mass is 9.96. The summed E-state index contributed by atoms with van der Waals surface area (Å²) >= 11 is 0. The lowest BCUT2D eigenvalue weighted by molar-refractivity contribution is -0.133. The Balaban J connectivity index is 0.00000113. The third-order valence-electron chi connectivity index (χ3n) is 4.86. The number of halogens is 2. The van der Waals surface area contributed by atoms with Gasteiger partial charge in [-0.1, -0.05) is 0 Å². The summed E-state index contributed by atoms with van der Waals surface area (Å²) in [6, 6.07) is 2.05. The van der Waals surface area contributed by atoms with Crippen molar-refractivity contribution in [1.29, 1.82) is 0 Å². The van der Waals surface area contributed by atoms with E-state index >= 15 is 0 Å². The summed E-state index contributed by atoms with van der Waals surface area (Å²) in [6.45, 7) is 4.59. The molecule has 0 saturated carbocycles. The zero-order valence-electron chi connectivity index (χ0n) is 14.0. The van der Waals surface area contributed by atoms with E-state index in [0.717, 1.165) is 38.3 Å². The van der Waals surface area contributed by atoms with Crippen molar-refractivity contribution in [2.24, 2.45) is 0 Å². The van der Waals surface area contributed by atoms with Crippen molar-refractivity contribution >= 4 is 30.7 Å². The summed E-state index contributed by atoms with van der Waals surface area (Å²) in [4.78, 5) is 18.7. The van der Waals surface area contributed by atoms with E-state index in [9.17, 15) is 4.79 Å². The van der Waals surface area contributed by atoms with E-state index in [2.05, 4.69) is 26.0 Å². The summed E-state index contributed by atoms with van der Waals surface area (Å²) in [6.07, 6.45) is 7.82. The maximum atomic E-state index is 12.7. The molecule has 4 heterocycles. The number of carbonyl (C=O) groups excluding carboxylic acids is 1. The smallest absolute Gasteiger partial charge is 0.244 e. The second-order valence-corrected chi connectivity index (χ2v) is 6.35. The maximum absolute atomic E-state index is 12.7. The first-order valence-electron chi connectivity index (χ1n) is 8.30. The Labute approximate surface area is 159 Å². The molecule has 138 valence electrons. The van der Waals surface area contributed by atoms with E-state index in [0.29, 0.717) is 19.0 Å². The Morgan fingerprint density at radius 3 is 3.00 bits per heavy atom. The minimum atomic E-state index is 0. The number of carbonyl (C=O) groups is 1. The molecule has 0 radical (unpaired) electrons. The molecule has 25 heavy (non-hydrogen) atoms. The van der Waals surface area contributed by atoms with Gasteiger partial charge >= 0.3 is 0 Å². The highest BCUT2D eigenvalue weighted by Gasteiger charge is 2.24. The number of rotatable bonds is 3. The van der Waals surface area contributed by atoms with Crippen LogP contribution in [0.25, 0.3) is 0 Å². The standard InChI is InChI=1S/C16H22N6O.2ClH/c23-16(20-6-7-21-12-18-9-14(21)10-20)11-22-15(3-5-19-22)13-2-1-4-17-8-13;;/h3,5,9,12-13,17H,1-2,4,6-8,10-11H2;2*1H. The molecule has 0 spiro atoms. The number of nitrogens with one attached hydrogen (secondary N) is 1. The van der Waals surface area contributed by atoms with Gasteiger partial charge in [0.05, 0.1) is 18.6 Å². The Morgan fingerprint density at radius 1 is 1.32 bits per heavy atom. The van der Waals surface area contributed by atoms with Crippen molar-refractivity contribution in [3.05, 3.63) is 36.2 Å². The van der Waals surface area contributed by atoms with Crippen molar-refractivity contribution in [2.75, 3.05) is 19.6 Å². The summed E-state index contributed by atoms with van der Waals surface area (Å²) in [5.74, 6) is 0.591. The van der Waals surface area contributed by atoms with Crippen LogP contribution < -0.4 is 5.32 Å². The van der Waals surface area contributed by atoms with Crippen LogP contribution >= 0.6 is 24.8 Å². The fourth-order valence-electron chi connectivity index (χ4n) is 3.55. The molecule has 1 N–H and O–H groups in total. The van der Waals surface area contributed by atoms with Gasteiger partial charge in [0.2, 0.25) is 5.91 Å². The molecule has 0 aliphatic carbocycles. The molecular weight excluding hydrogens is 363 g/mol. The van der Waals surface area contributed by atoms with E-state index in [1.807, 2.05) is 28.3 Å². The second kappa shape index (κ2) is 8.69. The van der Waals surface area contributed by atoms with E-state index in [1.165, 1.54) is 12.1 Å². The Morgan fingerprint density at radius 2 is 2.20 bits per heavy atom. The molecular formula is C16H24Cl2N6O. The van der Waals surface area contributed by atoms with Gasteiger partial charge in [0.1, 0.15) is 6.54 Å². The lowest BCUT2D eigenvalue weighted by Crippen LogP contribution is -2.40. The highest BCUT2D eigenvalue weighted by Crippen LogP contribution is 2.23. The zero-order chi connectivity index (χ0) is 15.6. The van der Waals surface area contributed by atoms with E-state index in [-0.39, 0.29) is 30.7 Å². The molecule has 9 heteroatoms. The van der Waals surface area contributed by atoms with E-state index in [1.54, 1.807) is 0 Å². The Bertz CT molecular complexity index is 694. The maximum Gasteiger partial charge on any atom is 0.244 e. The highest BCUT2D eigenvalue weighted by atomic mass is 35.5. The van der Waals surface area contributed by atoms with Crippen LogP contribution in [0.15, 0.2) is 24.8 Å². The zero-order valence-corrected chi connectivity index (χ0v) is 15.6. The fourth-order valence-corrected chi connectivity index (χ4v) is 3.55. The molecule has 2 aliphatic heterocycles. The number of aromatic nitrogens is 4. The van der Waals surface area contributed by atoms with Crippen LogP contribution in [0.3, 0.4) is 0 Å². The SMILES string of the molecule is Cl.Cl.O=C(Cn1nccc1C1CCCNC1)N1CCn2cncc2C1. The van der Waals surface area contributed by atoms with Crippen LogP contribution in [0.1, 0.15) is 30.1 Å². The largest absolute Gasteiger partial charge is 0.333 e. The number of hydrogen-bond acceptors (Lipinski definition) is 4. The molecule has 4 rings (SSSR count). The third kappa shape index (κ3) is 4.16. The molecule has 2 aromatic rings. The predicted octanol–water partition coefficient (Wildman–Crippen LogP) is 1.43. The van der Waals surface area contributed by atoms with Gasteiger partial charge in [0, 0.05) is 43.6 Å². The number of hydrogen-bond donors (Lipinski definition) is 1. The first-order chi connectivity index (χ1) is 11.3. The van der Waals surface area contributed by atoms with Gasteiger partial charge in [-0.15, -0.1) is 24.8 Å². The Hall–Kier alpha value is -1.57. The fraction of sp³-hybridized carbons (Fsp3) is 0.562. The van der Waals surface area contributed by atoms with Crippen molar-refractivity contribution in [3.63, 3.8) is 0 Å². The van der Waals surface area contributed by atoms with Crippen LogP contribution in [0.4, 0.5) is 0 Å². The van der Waals surface area contributed by atoms with Gasteiger partial charge < -0.3 is 14.8 Å². The van der Waals surface area contributed by atoms with Gasteiger partial charge in [0.25, 0.3) is 0 Å². The number of piperidine rings is 1. The number of imidazole rings is 1. The monoisotopic (exact) mass is 386 g/mol. The molecule has 2 aromatic heterocycles. The molecule has 0 bridgehead atoms. The molecule has 1 saturated heterocycles. The van der Waals surface area contributed by atoms with Gasteiger partial charge in [-0.25, -0.2) is 4.98 Å². The van der Waals surface area contributed by atoms with E-state index < -0.39 is 0 Å². The first-order valence-corrected chi connectivity index (χ1v) is 8.30. The van der Waals surface area contributed by atoms with Crippen molar-refractivity contribution in [2.45, 2.75) is 38.4 Å². The van der Waals surface area contributed by atoms with Gasteiger partial charge in [-0.05, 0) is 25.5 Å². The number of nitrogens with zero attached hydrogens (tertiary/aromatic N) is 5. The predicted molar refractivity (Wildman–Crippen MR) is 99.2 cm³/mol. The average molecular weight is 387 g/mol. The average Bonchev–Trinajstić information content (AvgIpc) is 3.23. The topological polar surface area (TPSA) is 68.0 Å². The summed E-state index contributed by atoms with van der Waals surface area (Å²) in [5, 5.41) is 7.81. The molecule has 0 aromatic carbocycles. The highest BCUT2D eigenvalue weighted by molar-refractivity contribution is 5.85. The summed E-state index contributed by atoms with van der Waals surface area (Å²) in [5.41, 5.74) is 2.27. The third-order valence-corrected chi connectivity index (χ3v) is 4.86.